The molecule has 3 rings (SSSR count). The fourth-order valence-electron chi connectivity index (χ4n) is 3.07. The first kappa shape index (κ1) is 14.5. The number of benzene rings is 1. The molecule has 0 unspecified atom stereocenters. The minimum Gasteiger partial charge on any atom is -0.309 e. The van der Waals surface area contributed by atoms with Crippen molar-refractivity contribution in [3.05, 3.63) is 61.7 Å². The van der Waals surface area contributed by atoms with Gasteiger partial charge in [-0.3, -0.25) is 4.79 Å². The van der Waals surface area contributed by atoms with Crippen molar-refractivity contribution in [2.24, 2.45) is 0 Å². The van der Waals surface area contributed by atoms with E-state index in [1.807, 2.05) is 12.1 Å². The second kappa shape index (κ2) is 6.14. The molecule has 1 fully saturated rings. The Morgan fingerprint density at radius 1 is 1.29 bits per heavy atom. The predicted octanol–water partition coefficient (Wildman–Crippen LogP) is 4.09. The first-order valence-electron chi connectivity index (χ1n) is 7.48. The molecule has 0 atom stereocenters. The Hall–Kier alpha value is -1.42. The summed E-state index contributed by atoms with van der Waals surface area (Å²) in [4.78, 5) is 19.8. The molecule has 1 aromatic carbocycles. The van der Waals surface area contributed by atoms with E-state index in [0.717, 1.165) is 24.4 Å². The maximum atomic E-state index is 12.2. The molecule has 1 aliphatic carbocycles. The van der Waals surface area contributed by atoms with Crippen LogP contribution in [0.2, 0.25) is 0 Å². The van der Waals surface area contributed by atoms with Crippen molar-refractivity contribution >= 4 is 15.9 Å². The monoisotopic (exact) mass is 346 g/mol. The highest BCUT2D eigenvalue weighted by Gasteiger charge is 2.23. The predicted molar refractivity (Wildman–Crippen MR) is 87.8 cm³/mol. The molecule has 4 heteroatoms. The van der Waals surface area contributed by atoms with Crippen molar-refractivity contribution in [1.29, 1.82) is 0 Å². The van der Waals surface area contributed by atoms with Gasteiger partial charge in [0.15, 0.2) is 0 Å². The van der Waals surface area contributed by atoms with E-state index in [4.69, 9.17) is 4.98 Å². The Balaban J connectivity index is 1.96. The van der Waals surface area contributed by atoms with E-state index in [0.29, 0.717) is 16.8 Å². The molecule has 0 spiro atoms. The molecule has 2 aromatic rings. The van der Waals surface area contributed by atoms with Gasteiger partial charge in [-0.2, -0.15) is 0 Å². The van der Waals surface area contributed by atoms with Crippen LogP contribution in [0, 0.1) is 6.92 Å². The molecule has 1 aromatic heterocycles. The standard InChI is InChI=1S/C17H19BrN2O/c1-11-6-2-3-9-13(11)10-14-19-16(12-7-4-5-8-12)15(18)17(21)20-14/h2-3,6,9,12H,4-5,7-8,10H2,1H3,(H,19,20,21). The van der Waals surface area contributed by atoms with E-state index in [1.54, 1.807) is 0 Å². The Morgan fingerprint density at radius 2 is 2.00 bits per heavy atom. The normalized spacial score (nSPS) is 15.5. The van der Waals surface area contributed by atoms with Crippen LogP contribution in [0.25, 0.3) is 0 Å². The number of aromatic amines is 1. The Labute approximate surface area is 133 Å². The van der Waals surface area contributed by atoms with Crippen molar-refractivity contribution in [1.82, 2.24) is 9.97 Å². The average molecular weight is 347 g/mol. The molecule has 1 saturated carbocycles. The van der Waals surface area contributed by atoms with Crippen molar-refractivity contribution in [2.75, 3.05) is 0 Å². The third-order valence-corrected chi connectivity index (χ3v) is 5.06. The lowest BCUT2D eigenvalue weighted by Gasteiger charge is -2.12. The van der Waals surface area contributed by atoms with Crippen LogP contribution in [0.3, 0.4) is 0 Å². The number of hydrogen-bond acceptors (Lipinski definition) is 2. The fraction of sp³-hybridized carbons (Fsp3) is 0.412. The Bertz CT molecular complexity index is 702. The minimum atomic E-state index is -0.0597. The topological polar surface area (TPSA) is 45.8 Å². The molecule has 0 amide bonds. The molecule has 0 radical (unpaired) electrons. The largest absolute Gasteiger partial charge is 0.309 e. The van der Waals surface area contributed by atoms with Gasteiger partial charge in [0.25, 0.3) is 5.56 Å². The number of aryl methyl sites for hydroxylation is 1. The van der Waals surface area contributed by atoms with Crippen LogP contribution in [0.15, 0.2) is 33.5 Å². The molecule has 1 heterocycles. The van der Waals surface area contributed by atoms with Crippen molar-refractivity contribution in [2.45, 2.75) is 44.9 Å². The highest BCUT2D eigenvalue weighted by molar-refractivity contribution is 9.10. The lowest BCUT2D eigenvalue weighted by Crippen LogP contribution is -2.17. The number of halogens is 1. The van der Waals surface area contributed by atoms with E-state index in [9.17, 15) is 4.79 Å². The number of nitrogens with zero attached hydrogens (tertiary/aromatic N) is 1. The first-order valence-corrected chi connectivity index (χ1v) is 8.27. The summed E-state index contributed by atoms with van der Waals surface area (Å²) in [7, 11) is 0. The smallest absolute Gasteiger partial charge is 0.265 e. The molecule has 0 saturated heterocycles. The molecule has 0 bridgehead atoms. The number of hydrogen-bond donors (Lipinski definition) is 1. The quantitative estimate of drug-likeness (QED) is 0.909. The van der Waals surface area contributed by atoms with Gasteiger partial charge in [-0.1, -0.05) is 37.1 Å². The van der Waals surface area contributed by atoms with Gasteiger partial charge in [-0.15, -0.1) is 0 Å². The van der Waals surface area contributed by atoms with E-state index in [2.05, 4.69) is 40.0 Å². The van der Waals surface area contributed by atoms with Crippen LogP contribution in [0.4, 0.5) is 0 Å². The van der Waals surface area contributed by atoms with Gasteiger partial charge in [0.05, 0.1) is 5.69 Å². The summed E-state index contributed by atoms with van der Waals surface area (Å²) >= 11 is 3.42. The summed E-state index contributed by atoms with van der Waals surface area (Å²) in [6.07, 6.45) is 5.42. The fourth-order valence-corrected chi connectivity index (χ4v) is 3.58. The van der Waals surface area contributed by atoms with Gasteiger partial charge >= 0.3 is 0 Å². The summed E-state index contributed by atoms with van der Waals surface area (Å²) in [5.74, 6) is 1.19. The van der Waals surface area contributed by atoms with Crippen LogP contribution in [0.5, 0.6) is 0 Å². The molecular formula is C17H19BrN2O. The molecular weight excluding hydrogens is 328 g/mol. The number of aromatic nitrogens is 2. The van der Waals surface area contributed by atoms with Crippen molar-refractivity contribution < 1.29 is 0 Å². The zero-order chi connectivity index (χ0) is 14.8. The molecule has 110 valence electrons. The zero-order valence-electron chi connectivity index (χ0n) is 12.2. The van der Waals surface area contributed by atoms with Crippen molar-refractivity contribution in [3.8, 4) is 0 Å². The van der Waals surface area contributed by atoms with E-state index in [-0.39, 0.29) is 5.56 Å². The first-order chi connectivity index (χ1) is 10.1. The van der Waals surface area contributed by atoms with Crippen LogP contribution in [0.1, 0.15) is 54.2 Å². The molecule has 21 heavy (non-hydrogen) atoms. The Kier molecular flexibility index (Phi) is 4.24. The molecule has 1 N–H and O–H groups in total. The number of H-pyrrole nitrogens is 1. The number of nitrogens with one attached hydrogen (secondary N) is 1. The van der Waals surface area contributed by atoms with Crippen LogP contribution >= 0.6 is 15.9 Å². The highest BCUT2D eigenvalue weighted by Crippen LogP contribution is 2.35. The van der Waals surface area contributed by atoms with Crippen LogP contribution in [-0.2, 0) is 6.42 Å². The summed E-state index contributed by atoms with van der Waals surface area (Å²) in [5, 5.41) is 0. The van der Waals surface area contributed by atoms with Gasteiger partial charge in [0.2, 0.25) is 0 Å². The maximum absolute atomic E-state index is 12.2. The van der Waals surface area contributed by atoms with Gasteiger partial charge in [0.1, 0.15) is 10.3 Å². The van der Waals surface area contributed by atoms with Gasteiger partial charge < -0.3 is 4.98 Å². The molecule has 3 nitrogen and oxygen atoms in total. The lowest BCUT2D eigenvalue weighted by molar-refractivity contribution is 0.677. The van der Waals surface area contributed by atoms with Crippen LogP contribution in [-0.4, -0.2) is 9.97 Å². The van der Waals surface area contributed by atoms with Crippen LogP contribution < -0.4 is 5.56 Å². The molecule has 0 aliphatic heterocycles. The maximum Gasteiger partial charge on any atom is 0.265 e. The number of rotatable bonds is 3. The zero-order valence-corrected chi connectivity index (χ0v) is 13.7. The summed E-state index contributed by atoms with van der Waals surface area (Å²) in [6.45, 7) is 2.09. The van der Waals surface area contributed by atoms with Gasteiger partial charge in [0, 0.05) is 12.3 Å². The van der Waals surface area contributed by atoms with Gasteiger partial charge in [-0.05, 0) is 46.8 Å². The average Bonchev–Trinajstić information content (AvgIpc) is 2.99. The van der Waals surface area contributed by atoms with E-state index < -0.39 is 0 Å². The highest BCUT2D eigenvalue weighted by atomic mass is 79.9. The summed E-state index contributed by atoms with van der Waals surface area (Å²) in [6, 6.07) is 8.23. The summed E-state index contributed by atoms with van der Waals surface area (Å²) in [5.41, 5.74) is 3.32. The van der Waals surface area contributed by atoms with Crippen molar-refractivity contribution in [3.63, 3.8) is 0 Å². The second-order valence-corrected chi connectivity index (χ2v) is 6.59. The second-order valence-electron chi connectivity index (χ2n) is 5.80. The van der Waals surface area contributed by atoms with E-state index in [1.165, 1.54) is 24.0 Å². The SMILES string of the molecule is Cc1ccccc1Cc1nc(C2CCCC2)c(Br)c(=O)[nH]1. The van der Waals surface area contributed by atoms with E-state index >= 15 is 0 Å². The minimum absolute atomic E-state index is 0.0597. The molecule has 1 aliphatic rings. The third kappa shape index (κ3) is 3.10. The lowest BCUT2D eigenvalue weighted by atomic mass is 10.0. The Morgan fingerprint density at radius 3 is 2.71 bits per heavy atom. The van der Waals surface area contributed by atoms with Gasteiger partial charge in [-0.25, -0.2) is 4.98 Å². The summed E-state index contributed by atoms with van der Waals surface area (Å²) < 4.78 is 0.614. The third-order valence-electron chi connectivity index (χ3n) is 4.30.